The zero-order chi connectivity index (χ0) is 29.9. The molecule has 224 valence electrons. The molecule has 0 aromatic heterocycles. The van der Waals surface area contributed by atoms with E-state index in [0.717, 1.165) is 38.5 Å². The zero-order valence-corrected chi connectivity index (χ0v) is 27.2. The van der Waals surface area contributed by atoms with Gasteiger partial charge in [-0.2, -0.15) is 0 Å². The number of hydrogen-bond donors (Lipinski definition) is 0. The smallest absolute Gasteiger partial charge is 0.168 e. The van der Waals surface area contributed by atoms with Gasteiger partial charge in [-0.05, 0) is 80.0 Å². The summed E-state index contributed by atoms with van der Waals surface area (Å²) < 4.78 is 0. The third-order valence-corrected chi connectivity index (χ3v) is 10.2. The lowest BCUT2D eigenvalue weighted by Gasteiger charge is -2.62. The predicted molar refractivity (Wildman–Crippen MR) is 160 cm³/mol. The molecule has 2 saturated carbocycles. The summed E-state index contributed by atoms with van der Waals surface area (Å²) in [5, 5.41) is 0. The van der Waals surface area contributed by atoms with E-state index < -0.39 is 28.1 Å². The molecular formula is C35H60O4. The summed E-state index contributed by atoms with van der Waals surface area (Å²) in [5.41, 5.74) is -3.71. The molecule has 2 rings (SSSR count). The molecular weight excluding hydrogens is 484 g/mol. The van der Waals surface area contributed by atoms with Gasteiger partial charge in [0, 0.05) is 5.92 Å². The first-order chi connectivity index (χ1) is 18.0. The van der Waals surface area contributed by atoms with Crippen LogP contribution in [0.4, 0.5) is 0 Å². The summed E-state index contributed by atoms with van der Waals surface area (Å²) in [6.45, 7) is 23.0. The van der Waals surface area contributed by atoms with Crippen LogP contribution in [-0.2, 0) is 19.2 Å². The fraction of sp³-hybridized carbons (Fsp3) is 0.886. The average molecular weight is 545 g/mol. The zero-order valence-electron chi connectivity index (χ0n) is 27.2. The number of hydrogen-bond acceptors (Lipinski definition) is 4. The number of rotatable bonds is 15. The second-order valence-electron chi connectivity index (χ2n) is 15.4. The molecule has 2 aliphatic rings. The van der Waals surface area contributed by atoms with Crippen LogP contribution in [0.1, 0.15) is 140 Å². The molecule has 0 radical (unpaired) electrons. The Bertz CT molecular complexity index is 896. The lowest BCUT2D eigenvalue weighted by atomic mass is 9.35. The number of carbonyl (C=O) groups is 4. The van der Waals surface area contributed by atoms with Crippen LogP contribution in [0.15, 0.2) is 0 Å². The Hall–Kier alpha value is -1.32. The molecule has 0 heterocycles. The van der Waals surface area contributed by atoms with E-state index in [-0.39, 0.29) is 29.1 Å². The van der Waals surface area contributed by atoms with E-state index in [1.54, 1.807) is 0 Å². The molecule has 2 fully saturated rings. The van der Waals surface area contributed by atoms with E-state index >= 15 is 4.79 Å². The summed E-state index contributed by atoms with van der Waals surface area (Å²) in [5.74, 6) is -0.738. The predicted octanol–water partition coefficient (Wildman–Crippen LogP) is 8.68. The Balaban J connectivity index is 2.90. The summed E-state index contributed by atoms with van der Waals surface area (Å²) in [7, 11) is 0. The summed E-state index contributed by atoms with van der Waals surface area (Å²) in [6.07, 6.45) is 7.24. The fourth-order valence-corrected chi connectivity index (χ4v) is 7.79. The average Bonchev–Trinajstić information content (AvgIpc) is 2.81. The van der Waals surface area contributed by atoms with E-state index in [1.807, 2.05) is 13.8 Å². The molecule has 0 spiro atoms. The summed E-state index contributed by atoms with van der Waals surface area (Å²) in [4.78, 5) is 58.9. The maximum Gasteiger partial charge on any atom is 0.168 e. The Kier molecular flexibility index (Phi) is 11.4. The maximum absolute atomic E-state index is 15.0. The van der Waals surface area contributed by atoms with E-state index in [2.05, 4.69) is 62.3 Å². The van der Waals surface area contributed by atoms with Crippen molar-refractivity contribution in [3.63, 3.8) is 0 Å². The van der Waals surface area contributed by atoms with Crippen LogP contribution in [0.5, 0.6) is 0 Å². The number of carbonyl (C=O) groups excluding carboxylic acids is 4. The van der Waals surface area contributed by atoms with Crippen molar-refractivity contribution in [1.82, 2.24) is 0 Å². The molecule has 0 aliphatic heterocycles. The first-order valence-corrected chi connectivity index (χ1v) is 16.2. The van der Waals surface area contributed by atoms with Crippen LogP contribution in [0.25, 0.3) is 0 Å². The quantitative estimate of drug-likeness (QED) is 0.193. The molecule has 1 unspecified atom stereocenters. The summed E-state index contributed by atoms with van der Waals surface area (Å²) in [6, 6.07) is 0. The van der Waals surface area contributed by atoms with Crippen LogP contribution < -0.4 is 0 Å². The first kappa shape index (κ1) is 33.9. The maximum atomic E-state index is 15.0. The third kappa shape index (κ3) is 6.30. The normalized spacial score (nSPS) is 31.4. The van der Waals surface area contributed by atoms with Gasteiger partial charge in [-0.3, -0.25) is 19.2 Å². The standard InChI is InChI=1S/C35H60O4/c1-22(2)13-12-19-33(11)27(16-14-23(3)4)21-34(20-18-25(7)8)30(37)28(17-15-24(5)6)31(38)35(33,32(34)39)29(36)26(9)10/h22-28H,12-21H2,1-11H3/t27-,28?,33+,34-,35+/m0/s1. The van der Waals surface area contributed by atoms with Crippen molar-refractivity contribution in [2.75, 3.05) is 0 Å². The van der Waals surface area contributed by atoms with Gasteiger partial charge in [-0.1, -0.05) is 95.4 Å². The Labute approximate surface area is 240 Å². The Morgan fingerprint density at radius 3 is 1.72 bits per heavy atom. The van der Waals surface area contributed by atoms with E-state index in [9.17, 15) is 14.4 Å². The molecule has 0 amide bonds. The van der Waals surface area contributed by atoms with E-state index in [0.29, 0.717) is 49.4 Å². The fourth-order valence-electron chi connectivity index (χ4n) is 7.79. The van der Waals surface area contributed by atoms with Crippen LogP contribution in [-0.4, -0.2) is 23.1 Å². The minimum atomic E-state index is -1.72. The number of fused-ring (bicyclic) bond motifs is 2. The molecule has 5 atom stereocenters. The van der Waals surface area contributed by atoms with Crippen molar-refractivity contribution in [3.8, 4) is 0 Å². The van der Waals surface area contributed by atoms with Crippen molar-refractivity contribution >= 4 is 23.1 Å². The lowest BCUT2D eigenvalue weighted by Crippen LogP contribution is -2.75. The van der Waals surface area contributed by atoms with Crippen molar-refractivity contribution in [2.45, 2.75) is 140 Å². The minimum Gasteiger partial charge on any atom is -0.298 e. The summed E-state index contributed by atoms with van der Waals surface area (Å²) >= 11 is 0. The van der Waals surface area contributed by atoms with Crippen molar-refractivity contribution in [1.29, 1.82) is 0 Å². The van der Waals surface area contributed by atoms with Gasteiger partial charge in [0.1, 0.15) is 0 Å². The highest BCUT2D eigenvalue weighted by molar-refractivity contribution is 6.38. The molecule has 0 aromatic carbocycles. The molecule has 2 aliphatic carbocycles. The van der Waals surface area contributed by atoms with Gasteiger partial charge in [0.2, 0.25) is 0 Å². The van der Waals surface area contributed by atoms with Gasteiger partial charge < -0.3 is 0 Å². The molecule has 2 bridgehead atoms. The van der Waals surface area contributed by atoms with Crippen molar-refractivity contribution < 1.29 is 19.2 Å². The number of Topliss-reactive ketones (excluding diaryl/α,β-unsaturated/α-hetero) is 4. The van der Waals surface area contributed by atoms with Gasteiger partial charge in [0.25, 0.3) is 0 Å². The van der Waals surface area contributed by atoms with Gasteiger partial charge in [-0.15, -0.1) is 0 Å². The second-order valence-corrected chi connectivity index (χ2v) is 15.4. The van der Waals surface area contributed by atoms with Crippen LogP contribution in [0.2, 0.25) is 0 Å². The monoisotopic (exact) mass is 544 g/mol. The molecule has 0 N–H and O–H groups in total. The van der Waals surface area contributed by atoms with Crippen LogP contribution in [0, 0.1) is 57.7 Å². The Morgan fingerprint density at radius 2 is 1.23 bits per heavy atom. The van der Waals surface area contributed by atoms with E-state index in [4.69, 9.17) is 0 Å². The molecule has 0 aromatic rings. The van der Waals surface area contributed by atoms with Gasteiger partial charge in [-0.25, -0.2) is 0 Å². The highest BCUT2D eigenvalue weighted by Gasteiger charge is 2.78. The van der Waals surface area contributed by atoms with Gasteiger partial charge in [0.15, 0.2) is 28.5 Å². The first-order valence-electron chi connectivity index (χ1n) is 16.2. The van der Waals surface area contributed by atoms with Crippen LogP contribution >= 0.6 is 0 Å². The Morgan fingerprint density at radius 1 is 0.718 bits per heavy atom. The molecule has 4 heteroatoms. The van der Waals surface area contributed by atoms with Crippen LogP contribution in [0.3, 0.4) is 0 Å². The molecule has 4 nitrogen and oxygen atoms in total. The largest absolute Gasteiger partial charge is 0.298 e. The third-order valence-electron chi connectivity index (χ3n) is 10.2. The minimum absolute atomic E-state index is 0.0152. The second kappa shape index (κ2) is 13.1. The van der Waals surface area contributed by atoms with E-state index in [1.165, 1.54) is 0 Å². The highest BCUT2D eigenvalue weighted by Crippen LogP contribution is 2.67. The topological polar surface area (TPSA) is 68.3 Å². The highest BCUT2D eigenvalue weighted by atomic mass is 16.2. The van der Waals surface area contributed by atoms with Crippen molar-refractivity contribution in [2.24, 2.45) is 57.7 Å². The van der Waals surface area contributed by atoms with Crippen molar-refractivity contribution in [3.05, 3.63) is 0 Å². The molecule has 0 saturated heterocycles. The van der Waals surface area contributed by atoms with Gasteiger partial charge >= 0.3 is 0 Å². The number of ketones is 4. The van der Waals surface area contributed by atoms with Gasteiger partial charge in [0.05, 0.1) is 11.3 Å². The SMILES string of the molecule is CC(C)CCC[C@]1(C)[C@@H](CCC(C)C)C[C@@]2(CCC(C)C)C(=O)C(CCC(C)C)C(=O)[C@]1(C(=O)C(C)C)C2=O. The lowest BCUT2D eigenvalue weighted by molar-refractivity contribution is -0.192. The molecule has 39 heavy (non-hydrogen) atoms.